The number of fused-ring (bicyclic) bond motifs is 2. The van der Waals surface area contributed by atoms with Gasteiger partial charge in [-0.15, -0.1) is 0 Å². The quantitative estimate of drug-likeness (QED) is 0.558. The van der Waals surface area contributed by atoms with Crippen molar-refractivity contribution < 1.29 is 4.39 Å². The van der Waals surface area contributed by atoms with Crippen LogP contribution >= 0.6 is 0 Å². The monoisotopic (exact) mass is 345 g/mol. The Balaban J connectivity index is 1.56. The first kappa shape index (κ1) is 15.0. The topological polar surface area (TPSA) is 46.8 Å². The van der Waals surface area contributed by atoms with Crippen molar-refractivity contribution in [3.63, 3.8) is 0 Å². The Bertz CT molecular complexity index is 1090. The molecule has 0 fully saturated rings. The molecule has 0 saturated carbocycles. The summed E-state index contributed by atoms with van der Waals surface area (Å²) < 4.78 is 15.3. The number of anilines is 1. The molecule has 6 heteroatoms. The lowest BCUT2D eigenvalue weighted by Gasteiger charge is -2.30. The minimum Gasteiger partial charge on any atom is -0.351 e. The van der Waals surface area contributed by atoms with Crippen LogP contribution in [0, 0.1) is 5.82 Å². The lowest BCUT2D eigenvalue weighted by atomic mass is 9.99. The SMILES string of the molecule is Fc1ccc2c(c1)CCN(c1ncnc3c1cnn3-c1ccccc1)C2. The summed E-state index contributed by atoms with van der Waals surface area (Å²) in [4.78, 5) is 11.2. The minimum atomic E-state index is -0.175. The van der Waals surface area contributed by atoms with Gasteiger partial charge < -0.3 is 4.90 Å². The van der Waals surface area contributed by atoms with Crippen LogP contribution in [0.5, 0.6) is 0 Å². The Morgan fingerprint density at radius 3 is 2.73 bits per heavy atom. The van der Waals surface area contributed by atoms with Gasteiger partial charge in [-0.25, -0.2) is 19.0 Å². The average Bonchev–Trinajstić information content (AvgIpc) is 3.12. The van der Waals surface area contributed by atoms with Gasteiger partial charge in [0.2, 0.25) is 0 Å². The molecule has 0 unspecified atom stereocenters. The van der Waals surface area contributed by atoms with E-state index in [9.17, 15) is 4.39 Å². The van der Waals surface area contributed by atoms with Crippen molar-refractivity contribution in [3.05, 3.63) is 78.0 Å². The molecule has 1 aliphatic heterocycles. The van der Waals surface area contributed by atoms with Gasteiger partial charge >= 0.3 is 0 Å². The van der Waals surface area contributed by atoms with E-state index in [-0.39, 0.29) is 5.82 Å². The van der Waals surface area contributed by atoms with Crippen LogP contribution < -0.4 is 4.90 Å². The van der Waals surface area contributed by atoms with Gasteiger partial charge in [-0.2, -0.15) is 5.10 Å². The number of aromatic nitrogens is 4. The summed E-state index contributed by atoms with van der Waals surface area (Å²) in [7, 11) is 0. The summed E-state index contributed by atoms with van der Waals surface area (Å²) >= 11 is 0. The fraction of sp³-hybridized carbons (Fsp3) is 0.150. The molecule has 2 aromatic carbocycles. The molecule has 0 amide bonds. The van der Waals surface area contributed by atoms with Gasteiger partial charge in [0.05, 0.1) is 17.3 Å². The van der Waals surface area contributed by atoms with Gasteiger partial charge in [0, 0.05) is 13.1 Å². The smallest absolute Gasteiger partial charge is 0.168 e. The summed E-state index contributed by atoms with van der Waals surface area (Å²) in [5.41, 5.74) is 3.96. The standard InChI is InChI=1S/C20H16FN5/c21-16-7-6-15-12-25(9-8-14(15)10-16)19-18-11-24-26(20(18)23-13-22-19)17-4-2-1-3-5-17/h1-7,10-11,13H,8-9,12H2. The van der Waals surface area contributed by atoms with E-state index in [4.69, 9.17) is 0 Å². The second kappa shape index (κ2) is 5.91. The maximum Gasteiger partial charge on any atom is 0.168 e. The van der Waals surface area contributed by atoms with Gasteiger partial charge in [0.15, 0.2) is 5.65 Å². The van der Waals surface area contributed by atoms with Crippen molar-refractivity contribution in [2.24, 2.45) is 0 Å². The number of rotatable bonds is 2. The lowest BCUT2D eigenvalue weighted by Crippen LogP contribution is -2.31. The normalized spacial score (nSPS) is 13.8. The van der Waals surface area contributed by atoms with Crippen LogP contribution in [-0.4, -0.2) is 26.3 Å². The van der Waals surface area contributed by atoms with Crippen molar-refractivity contribution in [2.75, 3.05) is 11.4 Å². The maximum atomic E-state index is 13.4. The van der Waals surface area contributed by atoms with Crippen LogP contribution in [0.2, 0.25) is 0 Å². The Morgan fingerprint density at radius 2 is 1.85 bits per heavy atom. The van der Waals surface area contributed by atoms with Gasteiger partial charge in [-0.3, -0.25) is 0 Å². The third kappa shape index (κ3) is 2.42. The maximum absolute atomic E-state index is 13.4. The van der Waals surface area contributed by atoms with E-state index >= 15 is 0 Å². The van der Waals surface area contributed by atoms with E-state index in [1.807, 2.05) is 47.3 Å². The van der Waals surface area contributed by atoms with E-state index < -0.39 is 0 Å². The first-order chi connectivity index (χ1) is 12.8. The van der Waals surface area contributed by atoms with Gasteiger partial charge in [0.1, 0.15) is 18.0 Å². The Labute approximate surface area is 149 Å². The van der Waals surface area contributed by atoms with Crippen LogP contribution in [0.25, 0.3) is 16.7 Å². The molecular weight excluding hydrogens is 329 g/mol. The highest BCUT2D eigenvalue weighted by molar-refractivity contribution is 5.87. The first-order valence-electron chi connectivity index (χ1n) is 8.56. The molecule has 2 aromatic heterocycles. The molecule has 0 atom stereocenters. The van der Waals surface area contributed by atoms with Crippen molar-refractivity contribution in [1.82, 2.24) is 19.7 Å². The van der Waals surface area contributed by atoms with Crippen LogP contribution in [-0.2, 0) is 13.0 Å². The summed E-state index contributed by atoms with van der Waals surface area (Å²) in [6.07, 6.45) is 4.20. The van der Waals surface area contributed by atoms with Gasteiger partial charge in [-0.05, 0) is 41.8 Å². The second-order valence-corrected chi connectivity index (χ2v) is 6.41. The molecule has 5 rings (SSSR count). The Kier molecular flexibility index (Phi) is 3.41. The lowest BCUT2D eigenvalue weighted by molar-refractivity contribution is 0.619. The summed E-state index contributed by atoms with van der Waals surface area (Å²) in [5, 5.41) is 5.43. The number of hydrogen-bond acceptors (Lipinski definition) is 4. The molecule has 0 saturated heterocycles. The van der Waals surface area contributed by atoms with Gasteiger partial charge in [0.25, 0.3) is 0 Å². The van der Waals surface area contributed by atoms with E-state index in [2.05, 4.69) is 20.0 Å². The zero-order chi connectivity index (χ0) is 17.5. The molecule has 4 aromatic rings. The van der Waals surface area contributed by atoms with Crippen molar-refractivity contribution in [1.29, 1.82) is 0 Å². The molecular formula is C20H16FN5. The van der Waals surface area contributed by atoms with E-state index in [1.54, 1.807) is 12.4 Å². The van der Waals surface area contributed by atoms with Crippen LogP contribution in [0.3, 0.4) is 0 Å². The number of halogens is 1. The molecule has 0 radical (unpaired) electrons. The molecule has 5 nitrogen and oxygen atoms in total. The summed E-state index contributed by atoms with van der Waals surface area (Å²) in [5.74, 6) is 0.693. The summed E-state index contributed by atoms with van der Waals surface area (Å²) in [6, 6.07) is 14.9. The minimum absolute atomic E-state index is 0.175. The van der Waals surface area contributed by atoms with E-state index in [0.29, 0.717) is 6.54 Å². The van der Waals surface area contributed by atoms with E-state index in [1.165, 1.54) is 6.07 Å². The molecule has 0 spiro atoms. The molecule has 1 aliphatic rings. The van der Waals surface area contributed by atoms with Crippen LogP contribution in [0.1, 0.15) is 11.1 Å². The van der Waals surface area contributed by atoms with Crippen molar-refractivity contribution in [2.45, 2.75) is 13.0 Å². The highest BCUT2D eigenvalue weighted by atomic mass is 19.1. The second-order valence-electron chi connectivity index (χ2n) is 6.41. The molecule has 128 valence electrons. The molecule has 0 N–H and O–H groups in total. The number of nitrogens with zero attached hydrogens (tertiary/aromatic N) is 5. The van der Waals surface area contributed by atoms with Crippen LogP contribution in [0.15, 0.2) is 61.1 Å². The third-order valence-electron chi connectivity index (χ3n) is 4.83. The van der Waals surface area contributed by atoms with E-state index in [0.717, 1.165) is 46.6 Å². The highest BCUT2D eigenvalue weighted by Gasteiger charge is 2.21. The highest BCUT2D eigenvalue weighted by Crippen LogP contribution is 2.29. The molecule has 3 heterocycles. The average molecular weight is 345 g/mol. The molecule has 0 aliphatic carbocycles. The molecule has 0 bridgehead atoms. The fourth-order valence-electron chi connectivity index (χ4n) is 3.54. The largest absolute Gasteiger partial charge is 0.351 e. The molecule has 26 heavy (non-hydrogen) atoms. The van der Waals surface area contributed by atoms with Gasteiger partial charge in [-0.1, -0.05) is 24.3 Å². The first-order valence-corrected chi connectivity index (χ1v) is 8.56. The Morgan fingerprint density at radius 1 is 0.962 bits per heavy atom. The van der Waals surface area contributed by atoms with Crippen molar-refractivity contribution in [3.8, 4) is 5.69 Å². The number of para-hydroxylation sites is 1. The van der Waals surface area contributed by atoms with Crippen molar-refractivity contribution >= 4 is 16.9 Å². The predicted molar refractivity (Wildman–Crippen MR) is 97.8 cm³/mol. The fourth-order valence-corrected chi connectivity index (χ4v) is 3.54. The van der Waals surface area contributed by atoms with Crippen LogP contribution in [0.4, 0.5) is 10.2 Å². The summed E-state index contributed by atoms with van der Waals surface area (Å²) in [6.45, 7) is 1.50. The number of benzene rings is 2. The third-order valence-corrected chi connectivity index (χ3v) is 4.83. The zero-order valence-electron chi connectivity index (χ0n) is 14.0. The Hall–Kier alpha value is -3.28. The number of hydrogen-bond donors (Lipinski definition) is 0. The predicted octanol–water partition coefficient (Wildman–Crippen LogP) is 3.52. The zero-order valence-corrected chi connectivity index (χ0v) is 14.0.